The average Bonchev–Trinajstić information content (AvgIpc) is 2.36. The first kappa shape index (κ1) is 14.7. The van der Waals surface area contributed by atoms with Gasteiger partial charge in [0.05, 0.1) is 6.61 Å². The van der Waals surface area contributed by atoms with Gasteiger partial charge < -0.3 is 10.1 Å². The van der Waals surface area contributed by atoms with E-state index in [2.05, 4.69) is 30.1 Å². The summed E-state index contributed by atoms with van der Waals surface area (Å²) in [5, 5.41) is 3.47. The van der Waals surface area contributed by atoms with Crippen LogP contribution in [0, 0.1) is 0 Å². The molecule has 0 aromatic rings. The fourth-order valence-corrected chi connectivity index (χ4v) is 2.24. The zero-order chi connectivity index (χ0) is 12.5. The Hall–Kier alpha value is -0.380. The Morgan fingerprint density at radius 3 is 2.88 bits per heavy atom. The number of nitrogens with one attached hydrogen (secondary N) is 1. The zero-order valence-electron chi connectivity index (χ0n) is 11.7. The molecule has 3 nitrogen and oxygen atoms in total. The standard InChI is InChI=1S/C14H28N2O/c1-4-8-15-9-5-13(2)16-10-6-14(7-11-16)12-17-3/h6,13,15H,4-5,7-12H2,1-3H3. The minimum Gasteiger partial charge on any atom is -0.380 e. The van der Waals surface area contributed by atoms with E-state index in [1.54, 1.807) is 7.11 Å². The fourth-order valence-electron chi connectivity index (χ4n) is 2.24. The van der Waals surface area contributed by atoms with Crippen LogP contribution < -0.4 is 5.32 Å². The number of hydrogen-bond donors (Lipinski definition) is 1. The molecule has 0 saturated heterocycles. The Morgan fingerprint density at radius 1 is 1.47 bits per heavy atom. The highest BCUT2D eigenvalue weighted by molar-refractivity contribution is 5.08. The first-order valence-corrected chi connectivity index (χ1v) is 6.89. The summed E-state index contributed by atoms with van der Waals surface area (Å²) in [4.78, 5) is 2.56. The van der Waals surface area contributed by atoms with Crippen molar-refractivity contribution >= 4 is 0 Å². The van der Waals surface area contributed by atoms with Gasteiger partial charge in [-0.2, -0.15) is 0 Å². The van der Waals surface area contributed by atoms with Crippen LogP contribution in [0.5, 0.6) is 0 Å². The molecule has 1 atom stereocenters. The molecular weight excluding hydrogens is 212 g/mol. The Labute approximate surface area is 106 Å². The van der Waals surface area contributed by atoms with E-state index in [-0.39, 0.29) is 0 Å². The molecule has 0 radical (unpaired) electrons. The van der Waals surface area contributed by atoms with E-state index in [9.17, 15) is 0 Å². The van der Waals surface area contributed by atoms with Crippen molar-refractivity contribution in [2.45, 2.75) is 39.2 Å². The minimum absolute atomic E-state index is 0.680. The van der Waals surface area contributed by atoms with Crippen molar-refractivity contribution < 1.29 is 4.74 Å². The van der Waals surface area contributed by atoms with Gasteiger partial charge in [0.25, 0.3) is 0 Å². The lowest BCUT2D eigenvalue weighted by Crippen LogP contribution is -2.38. The van der Waals surface area contributed by atoms with Crippen molar-refractivity contribution in [3.63, 3.8) is 0 Å². The summed E-state index contributed by atoms with van der Waals surface area (Å²) in [6.07, 6.45) is 5.97. The van der Waals surface area contributed by atoms with E-state index < -0.39 is 0 Å². The molecule has 1 aliphatic heterocycles. The molecule has 100 valence electrons. The second kappa shape index (κ2) is 8.67. The summed E-state index contributed by atoms with van der Waals surface area (Å²) in [5.74, 6) is 0. The van der Waals surface area contributed by atoms with Gasteiger partial charge in [0.2, 0.25) is 0 Å². The summed E-state index contributed by atoms with van der Waals surface area (Å²) >= 11 is 0. The molecule has 1 unspecified atom stereocenters. The maximum atomic E-state index is 5.17. The summed E-state index contributed by atoms with van der Waals surface area (Å²) in [5.41, 5.74) is 1.46. The largest absolute Gasteiger partial charge is 0.380 e. The van der Waals surface area contributed by atoms with E-state index in [1.165, 1.54) is 31.4 Å². The molecule has 0 spiro atoms. The molecule has 0 bridgehead atoms. The van der Waals surface area contributed by atoms with Crippen LogP contribution in [0.3, 0.4) is 0 Å². The van der Waals surface area contributed by atoms with Gasteiger partial charge in [0.15, 0.2) is 0 Å². The lowest BCUT2D eigenvalue weighted by molar-refractivity contribution is 0.190. The number of methoxy groups -OCH3 is 1. The smallest absolute Gasteiger partial charge is 0.0673 e. The first-order valence-electron chi connectivity index (χ1n) is 6.89. The molecule has 0 aromatic heterocycles. The summed E-state index contributed by atoms with van der Waals surface area (Å²) in [6, 6.07) is 0.680. The highest BCUT2D eigenvalue weighted by Crippen LogP contribution is 2.14. The number of ether oxygens (including phenoxy) is 1. The molecule has 1 N–H and O–H groups in total. The normalized spacial score (nSPS) is 19.1. The predicted octanol–water partition coefficient (Wildman–Crippen LogP) is 2.04. The van der Waals surface area contributed by atoms with Gasteiger partial charge in [0, 0.05) is 26.2 Å². The van der Waals surface area contributed by atoms with Gasteiger partial charge in [-0.05, 0) is 44.8 Å². The number of hydrogen-bond acceptors (Lipinski definition) is 3. The Kier molecular flexibility index (Phi) is 7.49. The van der Waals surface area contributed by atoms with Gasteiger partial charge in [-0.3, -0.25) is 4.90 Å². The van der Waals surface area contributed by atoms with Crippen LogP contribution in [0.4, 0.5) is 0 Å². The number of rotatable bonds is 8. The topological polar surface area (TPSA) is 24.5 Å². The maximum Gasteiger partial charge on any atom is 0.0673 e. The third-order valence-corrected chi connectivity index (χ3v) is 3.45. The van der Waals surface area contributed by atoms with Gasteiger partial charge in [-0.15, -0.1) is 0 Å². The van der Waals surface area contributed by atoms with Crippen molar-refractivity contribution in [3.8, 4) is 0 Å². The monoisotopic (exact) mass is 240 g/mol. The quantitative estimate of drug-likeness (QED) is 0.519. The maximum absolute atomic E-state index is 5.17. The van der Waals surface area contributed by atoms with Crippen molar-refractivity contribution in [3.05, 3.63) is 11.6 Å². The van der Waals surface area contributed by atoms with Gasteiger partial charge in [-0.1, -0.05) is 13.0 Å². The van der Waals surface area contributed by atoms with Crippen molar-refractivity contribution in [2.75, 3.05) is 39.9 Å². The molecule has 0 aromatic carbocycles. The molecule has 17 heavy (non-hydrogen) atoms. The molecule has 0 amide bonds. The minimum atomic E-state index is 0.680. The van der Waals surface area contributed by atoms with Crippen LogP contribution in [0.1, 0.15) is 33.1 Å². The molecule has 1 heterocycles. The molecule has 1 aliphatic rings. The summed E-state index contributed by atoms with van der Waals surface area (Å²) in [6.45, 7) is 9.91. The molecule has 3 heteroatoms. The Morgan fingerprint density at radius 2 is 2.29 bits per heavy atom. The highest BCUT2D eigenvalue weighted by Gasteiger charge is 2.16. The lowest BCUT2D eigenvalue weighted by Gasteiger charge is -2.31. The van der Waals surface area contributed by atoms with E-state index >= 15 is 0 Å². The Balaban J connectivity index is 2.18. The first-order chi connectivity index (χ1) is 8.27. The SMILES string of the molecule is CCCNCCC(C)N1CC=C(COC)CC1. The van der Waals surface area contributed by atoms with Crippen LogP contribution in [0.2, 0.25) is 0 Å². The van der Waals surface area contributed by atoms with E-state index in [0.717, 1.165) is 26.2 Å². The molecule has 0 fully saturated rings. The molecular formula is C14H28N2O. The van der Waals surface area contributed by atoms with Crippen LogP contribution in [0.25, 0.3) is 0 Å². The second-order valence-corrected chi connectivity index (χ2v) is 4.93. The summed E-state index contributed by atoms with van der Waals surface area (Å²) in [7, 11) is 1.77. The predicted molar refractivity (Wildman–Crippen MR) is 73.4 cm³/mol. The lowest BCUT2D eigenvalue weighted by atomic mass is 10.1. The van der Waals surface area contributed by atoms with Gasteiger partial charge >= 0.3 is 0 Å². The van der Waals surface area contributed by atoms with Gasteiger partial charge in [0.1, 0.15) is 0 Å². The van der Waals surface area contributed by atoms with E-state index in [0.29, 0.717) is 6.04 Å². The van der Waals surface area contributed by atoms with Crippen molar-refractivity contribution in [1.82, 2.24) is 10.2 Å². The van der Waals surface area contributed by atoms with Crippen LogP contribution in [-0.2, 0) is 4.74 Å². The van der Waals surface area contributed by atoms with E-state index in [1.807, 2.05) is 0 Å². The Bertz CT molecular complexity index is 228. The molecule has 1 rings (SSSR count). The van der Waals surface area contributed by atoms with Crippen molar-refractivity contribution in [2.24, 2.45) is 0 Å². The fraction of sp³-hybridized carbons (Fsp3) is 0.857. The molecule has 0 saturated carbocycles. The van der Waals surface area contributed by atoms with Crippen LogP contribution in [-0.4, -0.2) is 50.8 Å². The van der Waals surface area contributed by atoms with E-state index in [4.69, 9.17) is 4.74 Å². The average molecular weight is 240 g/mol. The molecule has 0 aliphatic carbocycles. The summed E-state index contributed by atoms with van der Waals surface area (Å²) < 4.78 is 5.17. The van der Waals surface area contributed by atoms with Crippen molar-refractivity contribution in [1.29, 1.82) is 0 Å². The highest BCUT2D eigenvalue weighted by atomic mass is 16.5. The van der Waals surface area contributed by atoms with Crippen LogP contribution in [0.15, 0.2) is 11.6 Å². The second-order valence-electron chi connectivity index (χ2n) is 4.93. The third-order valence-electron chi connectivity index (χ3n) is 3.45. The number of nitrogens with zero attached hydrogens (tertiary/aromatic N) is 1. The van der Waals surface area contributed by atoms with Gasteiger partial charge in [-0.25, -0.2) is 0 Å². The van der Waals surface area contributed by atoms with Crippen LogP contribution >= 0.6 is 0 Å². The third kappa shape index (κ3) is 5.66. The zero-order valence-corrected chi connectivity index (χ0v) is 11.7.